The van der Waals surface area contributed by atoms with Crippen LogP contribution in [0.3, 0.4) is 0 Å². The van der Waals surface area contributed by atoms with Crippen molar-refractivity contribution >= 4 is 44.6 Å². The van der Waals surface area contributed by atoms with Crippen molar-refractivity contribution in [1.29, 1.82) is 0 Å². The molecule has 35 heavy (non-hydrogen) atoms. The minimum Gasteiger partial charge on any atom is -0.477 e. The van der Waals surface area contributed by atoms with Gasteiger partial charge < -0.3 is 24.8 Å². The van der Waals surface area contributed by atoms with Crippen molar-refractivity contribution in [2.75, 3.05) is 5.73 Å². The molecule has 4 aromatic heterocycles. The van der Waals surface area contributed by atoms with Crippen molar-refractivity contribution in [2.45, 2.75) is 6.54 Å². The number of nitrogens with one attached hydrogen (secondary N) is 1. The van der Waals surface area contributed by atoms with Gasteiger partial charge in [0.25, 0.3) is 5.56 Å². The number of nitrogen functional groups attached to an aromatic ring is 1. The minimum atomic E-state index is -1.27. The molecule has 0 aliphatic carbocycles. The maximum atomic E-state index is 15.1. The third kappa shape index (κ3) is 3.07. The van der Waals surface area contributed by atoms with Gasteiger partial charge in [-0.15, -0.1) is 0 Å². The number of pyridine rings is 1. The SMILES string of the molecule is Nc1ncnc2cc(F)c(Cn3c(C(=O)O)c(-c4ccc[nH]c4=O)c4c5occc5ccc43)cc12. The summed E-state index contributed by atoms with van der Waals surface area (Å²) < 4.78 is 22.3. The maximum Gasteiger partial charge on any atom is 0.353 e. The van der Waals surface area contributed by atoms with Crippen molar-refractivity contribution in [3.05, 3.63) is 88.7 Å². The highest BCUT2D eigenvalue weighted by atomic mass is 19.1. The molecule has 2 aromatic carbocycles. The zero-order valence-corrected chi connectivity index (χ0v) is 17.9. The number of carboxylic acids is 1. The second-order valence-electron chi connectivity index (χ2n) is 8.05. The van der Waals surface area contributed by atoms with E-state index in [0.29, 0.717) is 27.4 Å². The van der Waals surface area contributed by atoms with E-state index in [1.165, 1.54) is 35.5 Å². The zero-order chi connectivity index (χ0) is 24.3. The lowest BCUT2D eigenvalue weighted by Crippen LogP contribution is -2.14. The van der Waals surface area contributed by atoms with Crippen molar-refractivity contribution in [1.82, 2.24) is 19.5 Å². The minimum absolute atomic E-state index is 0.148. The number of aromatic amines is 1. The molecule has 172 valence electrons. The van der Waals surface area contributed by atoms with E-state index in [4.69, 9.17) is 10.2 Å². The maximum absolute atomic E-state index is 15.1. The summed E-state index contributed by atoms with van der Waals surface area (Å²) in [6.07, 6.45) is 4.20. The van der Waals surface area contributed by atoms with E-state index < -0.39 is 17.3 Å². The first kappa shape index (κ1) is 20.6. The van der Waals surface area contributed by atoms with Crippen LogP contribution in [-0.2, 0) is 6.54 Å². The Hall–Kier alpha value is -4.99. The molecule has 0 saturated carbocycles. The lowest BCUT2D eigenvalue weighted by atomic mass is 10.0. The summed E-state index contributed by atoms with van der Waals surface area (Å²) in [6, 6.07) is 11.2. The Labute approximate surface area is 195 Å². The molecule has 6 rings (SSSR count). The lowest BCUT2D eigenvalue weighted by molar-refractivity contribution is 0.0687. The van der Waals surface area contributed by atoms with Crippen LogP contribution in [-0.4, -0.2) is 30.6 Å². The van der Waals surface area contributed by atoms with Gasteiger partial charge in [0.05, 0.1) is 34.8 Å². The number of anilines is 1. The first-order valence-electron chi connectivity index (χ1n) is 10.6. The quantitative estimate of drug-likeness (QED) is 0.352. The van der Waals surface area contributed by atoms with Crippen LogP contribution in [0.25, 0.3) is 43.9 Å². The largest absolute Gasteiger partial charge is 0.477 e. The Balaban J connectivity index is 1.71. The van der Waals surface area contributed by atoms with E-state index >= 15 is 4.39 Å². The van der Waals surface area contributed by atoms with Crippen LogP contribution < -0.4 is 11.3 Å². The number of H-pyrrole nitrogens is 1. The first-order chi connectivity index (χ1) is 16.9. The molecule has 4 N–H and O–H groups in total. The number of furan rings is 1. The van der Waals surface area contributed by atoms with Gasteiger partial charge in [0.2, 0.25) is 0 Å². The first-order valence-corrected chi connectivity index (χ1v) is 10.6. The highest BCUT2D eigenvalue weighted by molar-refractivity contribution is 6.17. The van der Waals surface area contributed by atoms with Crippen molar-refractivity contribution in [2.24, 2.45) is 0 Å². The number of nitrogens with zero attached hydrogens (tertiary/aromatic N) is 3. The van der Waals surface area contributed by atoms with E-state index in [1.54, 1.807) is 30.3 Å². The smallest absolute Gasteiger partial charge is 0.353 e. The fourth-order valence-corrected chi connectivity index (χ4v) is 4.56. The highest BCUT2D eigenvalue weighted by Gasteiger charge is 2.28. The third-order valence-electron chi connectivity index (χ3n) is 6.10. The average molecular weight is 469 g/mol. The number of aromatic nitrogens is 4. The van der Waals surface area contributed by atoms with E-state index in [-0.39, 0.29) is 34.7 Å². The lowest BCUT2D eigenvalue weighted by Gasteiger charge is -2.12. The number of carboxylic acid groups (broad SMARTS) is 1. The zero-order valence-electron chi connectivity index (χ0n) is 17.9. The molecule has 0 aliphatic heterocycles. The van der Waals surface area contributed by atoms with Gasteiger partial charge >= 0.3 is 5.97 Å². The standard InChI is InChI=1S/C25H16FN5O4/c26-16-9-17-15(23(27)30-11-29-17)8-13(16)10-31-18-4-3-12-5-7-35-22(12)20(18)19(21(31)25(33)34)14-2-1-6-28-24(14)32/h1-9,11H,10H2,(H,28,32)(H,33,34)(H2,27,29,30). The Morgan fingerprint density at radius 1 is 1.20 bits per heavy atom. The van der Waals surface area contributed by atoms with Gasteiger partial charge in [-0.05, 0) is 36.4 Å². The summed E-state index contributed by atoms with van der Waals surface area (Å²) >= 11 is 0. The number of halogens is 1. The molecule has 0 bridgehead atoms. The molecule has 0 aliphatic rings. The van der Waals surface area contributed by atoms with Gasteiger partial charge in [-0.2, -0.15) is 0 Å². The summed E-state index contributed by atoms with van der Waals surface area (Å²) in [5.74, 6) is -1.67. The summed E-state index contributed by atoms with van der Waals surface area (Å²) in [7, 11) is 0. The molecule has 6 aromatic rings. The molecule has 0 spiro atoms. The molecular formula is C25H16FN5O4. The highest BCUT2D eigenvalue weighted by Crippen LogP contribution is 2.39. The predicted octanol–water partition coefficient (Wildman–Crippen LogP) is 4.15. The Morgan fingerprint density at radius 2 is 2.06 bits per heavy atom. The van der Waals surface area contributed by atoms with Crippen LogP contribution in [0.4, 0.5) is 10.2 Å². The fraction of sp³-hybridized carbons (Fsp3) is 0.0400. The molecule has 0 saturated heterocycles. The number of carbonyl (C=O) groups is 1. The van der Waals surface area contributed by atoms with Crippen LogP contribution in [0.5, 0.6) is 0 Å². The summed E-state index contributed by atoms with van der Waals surface area (Å²) in [6.45, 7) is -0.148. The van der Waals surface area contributed by atoms with Gasteiger partial charge in [-0.1, -0.05) is 0 Å². The number of benzene rings is 2. The summed E-state index contributed by atoms with van der Waals surface area (Å²) in [5, 5.41) is 11.9. The second-order valence-corrected chi connectivity index (χ2v) is 8.05. The number of rotatable bonds is 4. The molecule has 0 unspecified atom stereocenters. The normalized spacial score (nSPS) is 11.6. The summed E-state index contributed by atoms with van der Waals surface area (Å²) in [4.78, 5) is 35.9. The topological polar surface area (TPSA) is 140 Å². The van der Waals surface area contributed by atoms with Crippen LogP contribution >= 0.6 is 0 Å². The number of fused-ring (bicyclic) bond motifs is 4. The number of hydrogen-bond donors (Lipinski definition) is 3. The molecule has 0 fully saturated rings. The number of hydrogen-bond acceptors (Lipinski definition) is 6. The van der Waals surface area contributed by atoms with Gasteiger partial charge in [0.15, 0.2) is 0 Å². The molecule has 4 heterocycles. The third-order valence-corrected chi connectivity index (χ3v) is 6.10. The predicted molar refractivity (Wildman–Crippen MR) is 128 cm³/mol. The molecular weight excluding hydrogens is 453 g/mol. The average Bonchev–Trinajstić information content (AvgIpc) is 3.43. The van der Waals surface area contributed by atoms with Gasteiger partial charge in [-0.3, -0.25) is 4.79 Å². The Kier molecular flexibility index (Phi) is 4.43. The van der Waals surface area contributed by atoms with E-state index in [1.807, 2.05) is 0 Å². The Bertz CT molecular complexity index is 1870. The molecule has 9 nitrogen and oxygen atoms in total. The van der Waals surface area contributed by atoms with Crippen LogP contribution in [0, 0.1) is 5.82 Å². The fourth-order valence-electron chi connectivity index (χ4n) is 4.56. The van der Waals surface area contributed by atoms with E-state index in [0.717, 1.165) is 5.39 Å². The van der Waals surface area contributed by atoms with Crippen molar-refractivity contribution in [3.8, 4) is 11.1 Å². The van der Waals surface area contributed by atoms with Gasteiger partial charge in [-0.25, -0.2) is 19.2 Å². The van der Waals surface area contributed by atoms with E-state index in [9.17, 15) is 14.7 Å². The monoisotopic (exact) mass is 469 g/mol. The van der Waals surface area contributed by atoms with E-state index in [2.05, 4.69) is 15.0 Å². The van der Waals surface area contributed by atoms with Crippen molar-refractivity contribution < 1.29 is 18.7 Å². The van der Waals surface area contributed by atoms with Gasteiger partial charge in [0.1, 0.15) is 29.2 Å². The second kappa shape index (κ2) is 7.52. The van der Waals surface area contributed by atoms with Crippen LogP contribution in [0.1, 0.15) is 16.1 Å². The molecule has 10 heteroatoms. The number of nitrogens with two attached hydrogens (primary N) is 1. The molecule has 0 amide bonds. The van der Waals surface area contributed by atoms with Gasteiger partial charge in [0, 0.05) is 34.2 Å². The van der Waals surface area contributed by atoms with Crippen LogP contribution in [0.2, 0.25) is 0 Å². The summed E-state index contributed by atoms with van der Waals surface area (Å²) in [5.41, 5.74) is 7.11. The molecule has 0 atom stereocenters. The molecule has 0 radical (unpaired) electrons. The Morgan fingerprint density at radius 3 is 2.86 bits per heavy atom. The van der Waals surface area contributed by atoms with Crippen LogP contribution in [0.15, 0.2) is 70.5 Å². The number of aromatic carboxylic acids is 1. The van der Waals surface area contributed by atoms with Crippen molar-refractivity contribution in [3.63, 3.8) is 0 Å².